The topological polar surface area (TPSA) is 118 Å². The Hall–Kier alpha value is -2.69. The quantitative estimate of drug-likeness (QED) is 0.684. The molecule has 0 saturated carbocycles. The van der Waals surface area contributed by atoms with E-state index in [0.717, 1.165) is 0 Å². The molecule has 3 rings (SSSR count). The summed E-state index contributed by atoms with van der Waals surface area (Å²) in [7, 11) is -3.70. The molecule has 0 unspecified atom stereocenters. The van der Waals surface area contributed by atoms with Gasteiger partial charge in [-0.15, -0.1) is 0 Å². The number of hydrogen-bond donors (Lipinski definition) is 2. The van der Waals surface area contributed by atoms with Crippen LogP contribution < -0.4 is 10.6 Å². The third-order valence-corrected chi connectivity index (χ3v) is 6.05. The average Bonchev–Trinajstić information content (AvgIpc) is 3.25. The number of ether oxygens (including phenoxy) is 1. The summed E-state index contributed by atoms with van der Waals surface area (Å²) in [6, 6.07) is 9.17. The number of carbonyl (C=O) groups is 2. The minimum atomic E-state index is -3.70. The van der Waals surface area contributed by atoms with Gasteiger partial charge >= 0.3 is 0 Å². The predicted octanol–water partition coefficient (Wildman–Crippen LogP) is 0.347. The fraction of sp³-hybridized carbons (Fsp3) is 0.333. The molecule has 1 aromatic carbocycles. The molecule has 1 aliphatic heterocycles. The number of nitrogens with one attached hydrogen (secondary N) is 2. The van der Waals surface area contributed by atoms with Gasteiger partial charge in [-0.3, -0.25) is 9.59 Å². The molecule has 28 heavy (non-hydrogen) atoms. The summed E-state index contributed by atoms with van der Waals surface area (Å²) in [5.74, 6) is -0.324. The molecule has 2 amide bonds. The SMILES string of the molecule is O=C(CNC(=O)c1cccc(S(=O)(=O)N2CCOCC2)c1)NCc1ccco1. The molecule has 0 spiro atoms. The van der Waals surface area contributed by atoms with Crippen LogP contribution in [0.3, 0.4) is 0 Å². The van der Waals surface area contributed by atoms with Crippen LogP contribution in [-0.2, 0) is 26.1 Å². The van der Waals surface area contributed by atoms with Crippen molar-refractivity contribution in [3.8, 4) is 0 Å². The van der Waals surface area contributed by atoms with E-state index in [1.54, 1.807) is 12.1 Å². The minimum Gasteiger partial charge on any atom is -0.467 e. The van der Waals surface area contributed by atoms with Crippen LogP contribution in [0.2, 0.25) is 0 Å². The molecule has 0 radical (unpaired) electrons. The molecule has 150 valence electrons. The number of hydrogen-bond acceptors (Lipinski definition) is 6. The Morgan fingerprint density at radius 1 is 1.07 bits per heavy atom. The van der Waals surface area contributed by atoms with Crippen LogP contribution in [0.4, 0.5) is 0 Å². The zero-order valence-electron chi connectivity index (χ0n) is 15.1. The van der Waals surface area contributed by atoms with Crippen LogP contribution >= 0.6 is 0 Å². The van der Waals surface area contributed by atoms with E-state index in [1.165, 1.54) is 34.8 Å². The lowest BCUT2D eigenvalue weighted by Gasteiger charge is -2.26. The Morgan fingerprint density at radius 2 is 1.86 bits per heavy atom. The van der Waals surface area contributed by atoms with Gasteiger partial charge in [0.25, 0.3) is 5.91 Å². The van der Waals surface area contributed by atoms with Crippen molar-refractivity contribution in [2.75, 3.05) is 32.8 Å². The molecule has 0 bridgehead atoms. The highest BCUT2D eigenvalue weighted by molar-refractivity contribution is 7.89. The van der Waals surface area contributed by atoms with Crippen molar-refractivity contribution in [2.45, 2.75) is 11.4 Å². The normalized spacial score (nSPS) is 15.1. The summed E-state index contributed by atoms with van der Waals surface area (Å²) in [6.07, 6.45) is 1.50. The van der Waals surface area contributed by atoms with Crippen molar-refractivity contribution in [1.29, 1.82) is 0 Å². The Morgan fingerprint density at radius 3 is 2.57 bits per heavy atom. The molecule has 9 nitrogen and oxygen atoms in total. The Bertz CT molecular complexity index is 921. The van der Waals surface area contributed by atoms with Crippen LogP contribution in [0, 0.1) is 0 Å². The van der Waals surface area contributed by atoms with Crippen molar-refractivity contribution in [3.05, 3.63) is 54.0 Å². The average molecular weight is 407 g/mol. The fourth-order valence-corrected chi connectivity index (χ4v) is 4.11. The lowest BCUT2D eigenvalue weighted by molar-refractivity contribution is -0.120. The maximum absolute atomic E-state index is 12.7. The molecule has 1 fully saturated rings. The zero-order valence-corrected chi connectivity index (χ0v) is 15.9. The maximum atomic E-state index is 12.7. The zero-order chi connectivity index (χ0) is 20.0. The van der Waals surface area contributed by atoms with E-state index in [9.17, 15) is 18.0 Å². The first-order valence-electron chi connectivity index (χ1n) is 8.72. The molecule has 1 aliphatic rings. The number of nitrogens with zero attached hydrogens (tertiary/aromatic N) is 1. The van der Waals surface area contributed by atoms with Crippen molar-refractivity contribution >= 4 is 21.8 Å². The standard InChI is InChI=1S/C18H21N3O6S/c22-17(19-12-15-4-2-8-27-15)13-20-18(23)14-3-1-5-16(11-14)28(24,25)21-6-9-26-10-7-21/h1-5,8,11H,6-7,9-10,12-13H2,(H,19,22)(H,20,23). The third kappa shape index (κ3) is 4.97. The third-order valence-electron chi connectivity index (χ3n) is 4.15. The molecular formula is C18H21N3O6S. The fourth-order valence-electron chi connectivity index (χ4n) is 2.66. The Balaban J connectivity index is 1.58. The summed E-state index contributed by atoms with van der Waals surface area (Å²) in [4.78, 5) is 24.2. The Labute approximate surface area is 162 Å². The highest BCUT2D eigenvalue weighted by atomic mass is 32.2. The van der Waals surface area contributed by atoms with Gasteiger partial charge in [0.15, 0.2) is 0 Å². The molecular weight excluding hydrogens is 386 g/mol. The van der Waals surface area contributed by atoms with Gasteiger partial charge in [0.1, 0.15) is 5.76 Å². The second-order valence-corrected chi connectivity index (χ2v) is 8.02. The number of sulfonamides is 1. The second-order valence-electron chi connectivity index (χ2n) is 6.08. The lowest BCUT2D eigenvalue weighted by atomic mass is 10.2. The van der Waals surface area contributed by atoms with Gasteiger partial charge in [0, 0.05) is 18.7 Å². The molecule has 0 aliphatic carbocycles. The van der Waals surface area contributed by atoms with Crippen molar-refractivity contribution in [3.63, 3.8) is 0 Å². The minimum absolute atomic E-state index is 0.0318. The monoisotopic (exact) mass is 407 g/mol. The van der Waals surface area contributed by atoms with Gasteiger partial charge in [-0.1, -0.05) is 6.07 Å². The van der Waals surface area contributed by atoms with Crippen LogP contribution in [0.25, 0.3) is 0 Å². The van der Waals surface area contributed by atoms with Crippen LogP contribution in [0.1, 0.15) is 16.1 Å². The number of carbonyl (C=O) groups excluding carboxylic acids is 2. The van der Waals surface area contributed by atoms with Gasteiger partial charge in [0.05, 0.1) is 37.5 Å². The van der Waals surface area contributed by atoms with Crippen molar-refractivity contribution in [1.82, 2.24) is 14.9 Å². The van der Waals surface area contributed by atoms with Crippen LogP contribution in [0.5, 0.6) is 0 Å². The van der Waals surface area contributed by atoms with E-state index in [2.05, 4.69) is 10.6 Å². The highest BCUT2D eigenvalue weighted by Gasteiger charge is 2.26. The second kappa shape index (κ2) is 9.00. The van der Waals surface area contributed by atoms with E-state index in [-0.39, 0.29) is 42.5 Å². The van der Waals surface area contributed by atoms with Crippen LogP contribution in [0.15, 0.2) is 52.0 Å². The smallest absolute Gasteiger partial charge is 0.251 e. The summed E-state index contributed by atoms with van der Waals surface area (Å²) in [6.45, 7) is 1.21. The molecule has 1 saturated heterocycles. The number of rotatable bonds is 7. The molecule has 2 aromatic rings. The highest BCUT2D eigenvalue weighted by Crippen LogP contribution is 2.18. The summed E-state index contributed by atoms with van der Waals surface area (Å²) >= 11 is 0. The van der Waals surface area contributed by atoms with E-state index in [1.807, 2.05) is 0 Å². The lowest BCUT2D eigenvalue weighted by Crippen LogP contribution is -2.40. The first-order chi connectivity index (χ1) is 13.5. The van der Waals surface area contributed by atoms with Gasteiger partial charge in [0.2, 0.25) is 15.9 Å². The van der Waals surface area contributed by atoms with Crippen molar-refractivity contribution < 1.29 is 27.2 Å². The predicted molar refractivity (Wildman–Crippen MR) is 98.9 cm³/mol. The van der Waals surface area contributed by atoms with Gasteiger partial charge in [-0.2, -0.15) is 4.31 Å². The van der Waals surface area contributed by atoms with E-state index >= 15 is 0 Å². The van der Waals surface area contributed by atoms with Gasteiger partial charge in [-0.25, -0.2) is 8.42 Å². The maximum Gasteiger partial charge on any atom is 0.251 e. The molecule has 1 aromatic heterocycles. The first kappa shape index (κ1) is 20.1. The van der Waals surface area contributed by atoms with E-state index in [4.69, 9.17) is 9.15 Å². The summed E-state index contributed by atoms with van der Waals surface area (Å²) in [5.41, 5.74) is 0.160. The molecule has 0 atom stereocenters. The van der Waals surface area contributed by atoms with Gasteiger partial charge in [-0.05, 0) is 30.3 Å². The Kier molecular flexibility index (Phi) is 6.45. The molecule has 2 N–H and O–H groups in total. The largest absolute Gasteiger partial charge is 0.467 e. The molecule has 2 heterocycles. The first-order valence-corrected chi connectivity index (χ1v) is 10.2. The number of furan rings is 1. The van der Waals surface area contributed by atoms with E-state index in [0.29, 0.717) is 19.0 Å². The number of benzene rings is 1. The van der Waals surface area contributed by atoms with Crippen molar-refractivity contribution in [2.24, 2.45) is 0 Å². The molecule has 10 heteroatoms. The van der Waals surface area contributed by atoms with E-state index < -0.39 is 15.9 Å². The van der Waals surface area contributed by atoms with Gasteiger partial charge < -0.3 is 19.8 Å². The summed E-state index contributed by atoms with van der Waals surface area (Å²) in [5, 5.41) is 5.09. The number of amides is 2. The summed E-state index contributed by atoms with van der Waals surface area (Å²) < 4.78 is 37.0. The number of morpholine rings is 1. The van der Waals surface area contributed by atoms with Crippen LogP contribution in [-0.4, -0.2) is 57.4 Å².